The first-order chi connectivity index (χ1) is 10.8. The number of carbonyl (C=O) groups excluding carboxylic acids is 1. The first-order valence-corrected chi connectivity index (χ1v) is 11.1. The third-order valence-corrected chi connectivity index (χ3v) is 3.70. The number of hydrogen-bond donors (Lipinski definition) is 1. The van der Waals surface area contributed by atoms with Crippen LogP contribution in [0.2, 0.25) is 19.6 Å². The fourth-order valence-electron chi connectivity index (χ4n) is 1.78. The lowest BCUT2D eigenvalue weighted by molar-refractivity contribution is 0.0902. The van der Waals surface area contributed by atoms with Gasteiger partial charge in [0.05, 0.1) is 6.54 Å². The topological polar surface area (TPSA) is 49.8 Å². The molecule has 1 aromatic rings. The van der Waals surface area contributed by atoms with Gasteiger partial charge >= 0.3 is 6.09 Å². The highest BCUT2D eigenvalue weighted by Gasteiger charge is 2.18. The van der Waals surface area contributed by atoms with Crippen LogP contribution in [0.25, 0.3) is 0 Å². The maximum atomic E-state index is 12.1. The summed E-state index contributed by atoms with van der Waals surface area (Å²) >= 11 is 0. The molecule has 23 heavy (non-hydrogen) atoms. The van der Waals surface area contributed by atoms with Gasteiger partial charge in [-0.3, -0.25) is 0 Å². The van der Waals surface area contributed by atoms with Gasteiger partial charge in [0.25, 0.3) is 0 Å². The van der Waals surface area contributed by atoms with Gasteiger partial charge in [0.2, 0.25) is 0 Å². The average molecular weight is 331 g/mol. The highest BCUT2D eigenvalue weighted by atomic mass is 28.3. The molecule has 0 aliphatic carbocycles. The molecule has 0 spiro atoms. The van der Waals surface area contributed by atoms with E-state index in [9.17, 15) is 9.90 Å². The molecule has 1 aromatic carbocycles. The second kappa shape index (κ2) is 9.18. The van der Waals surface area contributed by atoms with Crippen LogP contribution in [-0.4, -0.2) is 43.4 Å². The molecule has 0 aliphatic rings. The van der Waals surface area contributed by atoms with Crippen molar-refractivity contribution in [2.45, 2.75) is 32.3 Å². The zero-order valence-electron chi connectivity index (χ0n) is 14.1. The third-order valence-electron chi connectivity index (χ3n) is 2.81. The van der Waals surface area contributed by atoms with Crippen molar-refractivity contribution in [3.05, 3.63) is 48.6 Å². The number of nitrogens with zero attached hydrogens (tertiary/aromatic N) is 1. The molecular formula is C18H25NO3Si. The molecule has 5 heteroatoms. The number of benzene rings is 1. The Hall–Kier alpha value is -2.03. The van der Waals surface area contributed by atoms with Crippen molar-refractivity contribution in [1.82, 2.24) is 4.90 Å². The van der Waals surface area contributed by atoms with E-state index in [1.54, 1.807) is 0 Å². The van der Waals surface area contributed by atoms with Crippen LogP contribution in [0.5, 0.6) is 0 Å². The van der Waals surface area contributed by atoms with Crippen molar-refractivity contribution in [3.63, 3.8) is 0 Å². The molecular weight excluding hydrogens is 306 g/mol. The number of aliphatic hydroxyl groups excluding tert-OH is 1. The summed E-state index contributed by atoms with van der Waals surface area (Å²) in [6, 6.07) is 9.58. The lowest BCUT2D eigenvalue weighted by atomic mass is 10.2. The molecule has 1 N–H and O–H groups in total. The molecule has 0 saturated carbocycles. The van der Waals surface area contributed by atoms with Gasteiger partial charge in [-0.2, -0.15) is 0 Å². The highest BCUT2D eigenvalue weighted by Crippen LogP contribution is 2.07. The Bertz CT molecular complexity index is 569. The Morgan fingerprint density at radius 2 is 2.04 bits per heavy atom. The molecule has 1 amide bonds. The van der Waals surface area contributed by atoms with Gasteiger partial charge in [0, 0.05) is 6.54 Å². The zero-order valence-corrected chi connectivity index (χ0v) is 15.1. The van der Waals surface area contributed by atoms with Gasteiger partial charge in [-0.15, -0.1) is 5.54 Å². The van der Waals surface area contributed by atoms with Crippen molar-refractivity contribution in [1.29, 1.82) is 0 Å². The third kappa shape index (κ3) is 8.24. The Morgan fingerprint density at radius 1 is 1.39 bits per heavy atom. The lowest BCUT2D eigenvalue weighted by Crippen LogP contribution is -2.37. The van der Waals surface area contributed by atoms with Crippen molar-refractivity contribution in [2.24, 2.45) is 0 Å². The van der Waals surface area contributed by atoms with E-state index in [-0.39, 0.29) is 13.2 Å². The van der Waals surface area contributed by atoms with Crippen LogP contribution < -0.4 is 0 Å². The van der Waals surface area contributed by atoms with E-state index in [0.29, 0.717) is 6.54 Å². The van der Waals surface area contributed by atoms with Gasteiger partial charge in [-0.05, 0) is 5.56 Å². The van der Waals surface area contributed by atoms with E-state index in [0.717, 1.165) is 5.56 Å². The molecule has 0 aromatic heterocycles. The highest BCUT2D eigenvalue weighted by molar-refractivity contribution is 6.83. The second-order valence-electron chi connectivity index (χ2n) is 6.27. The predicted octanol–water partition coefficient (Wildman–Crippen LogP) is 3.05. The quantitative estimate of drug-likeness (QED) is 0.495. The van der Waals surface area contributed by atoms with Crippen LogP contribution in [0.15, 0.2) is 43.0 Å². The summed E-state index contributed by atoms with van der Waals surface area (Å²) in [5, 5.41) is 10.1. The van der Waals surface area contributed by atoms with Crippen LogP contribution in [-0.2, 0) is 11.3 Å². The number of ether oxygens (including phenoxy) is 1. The molecule has 1 atom stereocenters. The number of carbonyl (C=O) groups is 1. The zero-order chi connectivity index (χ0) is 17.3. The van der Waals surface area contributed by atoms with E-state index < -0.39 is 20.3 Å². The van der Waals surface area contributed by atoms with Crippen LogP contribution in [0.1, 0.15) is 5.56 Å². The van der Waals surface area contributed by atoms with Crippen molar-refractivity contribution in [2.75, 3.05) is 13.2 Å². The first-order valence-electron chi connectivity index (χ1n) is 7.59. The summed E-state index contributed by atoms with van der Waals surface area (Å²) in [6.45, 7) is 10.5. The predicted molar refractivity (Wildman–Crippen MR) is 95.5 cm³/mol. The minimum absolute atomic E-state index is 0.113. The molecule has 1 unspecified atom stereocenters. The van der Waals surface area contributed by atoms with E-state index in [4.69, 9.17) is 4.74 Å². The summed E-state index contributed by atoms with van der Waals surface area (Å²) in [5.41, 5.74) is 4.08. The van der Waals surface area contributed by atoms with Gasteiger partial charge in [-0.25, -0.2) is 4.79 Å². The SMILES string of the molecule is C=CCOC(=O)N(Cc1ccccc1)CC(O)C#C[Si](C)(C)C. The Labute approximate surface area is 139 Å². The Morgan fingerprint density at radius 3 is 2.61 bits per heavy atom. The Kier molecular flexibility index (Phi) is 7.59. The summed E-state index contributed by atoms with van der Waals surface area (Å²) in [7, 11) is -1.56. The van der Waals surface area contributed by atoms with Gasteiger partial charge in [-0.1, -0.05) is 68.5 Å². The molecule has 1 rings (SSSR count). The van der Waals surface area contributed by atoms with Crippen LogP contribution in [0.3, 0.4) is 0 Å². The molecule has 0 heterocycles. The van der Waals surface area contributed by atoms with Crippen molar-refractivity contribution >= 4 is 14.2 Å². The number of rotatable bonds is 6. The minimum atomic E-state index is -1.56. The first kappa shape index (κ1) is 19.0. The molecule has 4 nitrogen and oxygen atoms in total. The van der Waals surface area contributed by atoms with Gasteiger partial charge in [0.15, 0.2) is 0 Å². The summed E-state index contributed by atoms with van der Waals surface area (Å²) in [5.74, 6) is 2.85. The fraction of sp³-hybridized carbons (Fsp3) is 0.389. The van der Waals surface area contributed by atoms with Gasteiger partial charge < -0.3 is 14.7 Å². The summed E-state index contributed by atoms with van der Waals surface area (Å²) in [4.78, 5) is 13.6. The number of aliphatic hydroxyl groups is 1. The maximum Gasteiger partial charge on any atom is 0.410 e. The van der Waals surface area contributed by atoms with E-state index in [1.807, 2.05) is 30.3 Å². The number of hydrogen-bond acceptors (Lipinski definition) is 3. The van der Waals surface area contributed by atoms with Crippen molar-refractivity contribution in [3.8, 4) is 11.5 Å². The van der Waals surface area contributed by atoms with E-state index >= 15 is 0 Å². The normalized spacial score (nSPS) is 11.8. The largest absolute Gasteiger partial charge is 0.445 e. The molecule has 0 bridgehead atoms. The minimum Gasteiger partial charge on any atom is -0.445 e. The Balaban J connectivity index is 2.79. The molecule has 0 aliphatic heterocycles. The molecule has 0 saturated heterocycles. The second-order valence-corrected chi connectivity index (χ2v) is 11.0. The molecule has 0 radical (unpaired) electrons. The summed E-state index contributed by atoms with van der Waals surface area (Å²) in [6.07, 6.45) is 0.143. The van der Waals surface area contributed by atoms with Crippen LogP contribution >= 0.6 is 0 Å². The van der Waals surface area contributed by atoms with E-state index in [2.05, 4.69) is 37.7 Å². The standard InChI is InChI=1S/C18H25NO3Si/c1-5-12-22-18(21)19(14-16-9-7-6-8-10-16)15-17(20)11-13-23(2,3)4/h5-10,17,20H,1,12,14-15H2,2-4H3. The lowest BCUT2D eigenvalue weighted by Gasteiger charge is -2.23. The summed E-state index contributed by atoms with van der Waals surface area (Å²) < 4.78 is 5.09. The molecule has 124 valence electrons. The smallest absolute Gasteiger partial charge is 0.410 e. The number of amides is 1. The van der Waals surface area contributed by atoms with E-state index in [1.165, 1.54) is 11.0 Å². The van der Waals surface area contributed by atoms with Crippen LogP contribution in [0.4, 0.5) is 4.79 Å². The molecule has 0 fully saturated rings. The monoisotopic (exact) mass is 331 g/mol. The van der Waals surface area contributed by atoms with Crippen molar-refractivity contribution < 1.29 is 14.6 Å². The average Bonchev–Trinajstić information content (AvgIpc) is 2.50. The fourth-order valence-corrected chi connectivity index (χ4v) is 2.38. The maximum absolute atomic E-state index is 12.1. The van der Waals surface area contributed by atoms with Crippen LogP contribution in [0, 0.1) is 11.5 Å². The van der Waals surface area contributed by atoms with Gasteiger partial charge in [0.1, 0.15) is 20.8 Å².